The monoisotopic (exact) mass is 285 g/mol. The first kappa shape index (κ1) is 14.8. The zero-order valence-corrected chi connectivity index (χ0v) is 12.2. The van der Waals surface area contributed by atoms with Gasteiger partial charge in [0, 0.05) is 30.7 Å². The van der Waals surface area contributed by atoms with E-state index in [1.54, 1.807) is 24.5 Å². The highest BCUT2D eigenvalue weighted by atomic mass is 16.5. The maximum atomic E-state index is 12.3. The first-order valence-corrected chi connectivity index (χ1v) is 6.96. The van der Waals surface area contributed by atoms with Crippen LogP contribution in [0.25, 0.3) is 0 Å². The maximum absolute atomic E-state index is 12.3. The zero-order valence-electron chi connectivity index (χ0n) is 12.2. The van der Waals surface area contributed by atoms with Crippen molar-refractivity contribution in [2.75, 3.05) is 23.8 Å². The molecule has 1 aromatic heterocycles. The molecule has 0 fully saturated rings. The summed E-state index contributed by atoms with van der Waals surface area (Å²) in [4.78, 5) is 16.4. The van der Waals surface area contributed by atoms with Crippen LogP contribution < -0.4 is 15.4 Å². The van der Waals surface area contributed by atoms with Gasteiger partial charge in [-0.2, -0.15) is 0 Å². The topological polar surface area (TPSA) is 63.2 Å². The molecule has 5 nitrogen and oxygen atoms in total. The van der Waals surface area contributed by atoms with E-state index in [1.807, 2.05) is 32.0 Å². The summed E-state index contributed by atoms with van der Waals surface area (Å²) < 4.78 is 5.42. The smallest absolute Gasteiger partial charge is 0.259 e. The Labute approximate surface area is 124 Å². The number of anilines is 2. The van der Waals surface area contributed by atoms with Gasteiger partial charge >= 0.3 is 0 Å². The summed E-state index contributed by atoms with van der Waals surface area (Å²) in [7, 11) is 0. The van der Waals surface area contributed by atoms with Crippen LogP contribution in [0.4, 0.5) is 11.4 Å². The number of hydrogen-bond acceptors (Lipinski definition) is 4. The number of benzene rings is 1. The quantitative estimate of drug-likeness (QED) is 0.855. The van der Waals surface area contributed by atoms with Gasteiger partial charge in [0.05, 0.1) is 17.9 Å². The van der Waals surface area contributed by atoms with Gasteiger partial charge in [0.25, 0.3) is 5.91 Å². The first-order valence-electron chi connectivity index (χ1n) is 6.96. The second kappa shape index (κ2) is 7.28. The van der Waals surface area contributed by atoms with Gasteiger partial charge in [-0.05, 0) is 32.0 Å². The lowest BCUT2D eigenvalue weighted by atomic mass is 10.2. The molecule has 0 aliphatic heterocycles. The third-order valence-electron chi connectivity index (χ3n) is 2.84. The molecule has 0 aliphatic rings. The van der Waals surface area contributed by atoms with Crippen LogP contribution in [-0.4, -0.2) is 24.0 Å². The molecule has 2 aromatic rings. The van der Waals surface area contributed by atoms with Crippen LogP contribution in [0.15, 0.2) is 42.7 Å². The molecule has 0 unspecified atom stereocenters. The van der Waals surface area contributed by atoms with E-state index in [4.69, 9.17) is 4.74 Å². The van der Waals surface area contributed by atoms with Gasteiger partial charge in [-0.15, -0.1) is 0 Å². The van der Waals surface area contributed by atoms with E-state index in [0.717, 1.165) is 18.0 Å². The molecule has 0 saturated heterocycles. The number of nitrogens with one attached hydrogen (secondary N) is 2. The summed E-state index contributed by atoms with van der Waals surface area (Å²) in [5.41, 5.74) is 1.98. The lowest BCUT2D eigenvalue weighted by Crippen LogP contribution is -2.15. The summed E-state index contributed by atoms with van der Waals surface area (Å²) in [5, 5.41) is 6.01. The van der Waals surface area contributed by atoms with E-state index in [9.17, 15) is 4.79 Å². The number of aromatic nitrogens is 1. The summed E-state index contributed by atoms with van der Waals surface area (Å²) >= 11 is 0. The minimum Gasteiger partial charge on any atom is -0.494 e. The second-order valence-corrected chi connectivity index (χ2v) is 4.37. The molecule has 2 rings (SSSR count). The van der Waals surface area contributed by atoms with Gasteiger partial charge in [0.2, 0.25) is 0 Å². The minimum absolute atomic E-state index is 0.201. The number of rotatable bonds is 6. The van der Waals surface area contributed by atoms with Gasteiger partial charge < -0.3 is 15.4 Å². The van der Waals surface area contributed by atoms with Crippen LogP contribution >= 0.6 is 0 Å². The maximum Gasteiger partial charge on any atom is 0.259 e. The Morgan fingerprint density at radius 3 is 2.90 bits per heavy atom. The van der Waals surface area contributed by atoms with Crippen LogP contribution in [0.3, 0.4) is 0 Å². The van der Waals surface area contributed by atoms with E-state index < -0.39 is 0 Å². The minimum atomic E-state index is -0.201. The van der Waals surface area contributed by atoms with Crippen molar-refractivity contribution in [2.45, 2.75) is 13.8 Å². The average Bonchev–Trinajstić information content (AvgIpc) is 2.49. The van der Waals surface area contributed by atoms with Gasteiger partial charge in [-0.3, -0.25) is 9.78 Å². The van der Waals surface area contributed by atoms with Crippen molar-refractivity contribution in [3.8, 4) is 5.75 Å². The van der Waals surface area contributed by atoms with Crippen LogP contribution in [0.2, 0.25) is 0 Å². The number of pyridine rings is 1. The SMILES string of the molecule is CCNc1ccncc1C(=O)Nc1cccc(OCC)c1. The van der Waals surface area contributed by atoms with E-state index in [0.29, 0.717) is 17.9 Å². The number of ether oxygens (including phenoxy) is 1. The summed E-state index contributed by atoms with van der Waals surface area (Å²) in [6, 6.07) is 9.10. The lowest BCUT2D eigenvalue weighted by molar-refractivity contribution is 0.102. The molecular weight excluding hydrogens is 266 g/mol. The Bertz CT molecular complexity index is 614. The molecule has 2 N–H and O–H groups in total. The third-order valence-corrected chi connectivity index (χ3v) is 2.84. The predicted molar refractivity (Wildman–Crippen MR) is 84.0 cm³/mol. The number of nitrogens with zero attached hydrogens (tertiary/aromatic N) is 1. The summed E-state index contributed by atoms with van der Waals surface area (Å²) in [6.07, 6.45) is 3.21. The van der Waals surface area contributed by atoms with Crippen molar-refractivity contribution < 1.29 is 9.53 Å². The normalized spacial score (nSPS) is 10.0. The first-order chi connectivity index (χ1) is 10.2. The molecule has 0 saturated carbocycles. The lowest BCUT2D eigenvalue weighted by Gasteiger charge is -2.11. The van der Waals surface area contributed by atoms with Crippen molar-refractivity contribution in [2.24, 2.45) is 0 Å². The van der Waals surface area contributed by atoms with Gasteiger partial charge in [0.1, 0.15) is 5.75 Å². The molecule has 110 valence electrons. The van der Waals surface area contributed by atoms with Crippen LogP contribution in [-0.2, 0) is 0 Å². The largest absolute Gasteiger partial charge is 0.494 e. The highest BCUT2D eigenvalue weighted by Crippen LogP contribution is 2.20. The molecule has 0 radical (unpaired) electrons. The Kier molecular flexibility index (Phi) is 5.15. The molecule has 1 amide bonds. The highest BCUT2D eigenvalue weighted by molar-refractivity contribution is 6.07. The number of carbonyl (C=O) groups excluding carboxylic acids is 1. The molecule has 0 atom stereocenters. The van der Waals surface area contributed by atoms with Gasteiger partial charge in [-0.1, -0.05) is 6.07 Å². The van der Waals surface area contributed by atoms with E-state index in [1.165, 1.54) is 0 Å². The van der Waals surface area contributed by atoms with Crippen LogP contribution in [0, 0.1) is 0 Å². The summed E-state index contributed by atoms with van der Waals surface area (Å²) in [6.45, 7) is 5.23. The van der Waals surface area contributed by atoms with Crippen molar-refractivity contribution in [1.29, 1.82) is 0 Å². The molecule has 0 aliphatic carbocycles. The Morgan fingerprint density at radius 1 is 1.29 bits per heavy atom. The molecule has 1 aromatic carbocycles. The van der Waals surface area contributed by atoms with E-state index in [2.05, 4.69) is 15.6 Å². The second-order valence-electron chi connectivity index (χ2n) is 4.37. The molecule has 1 heterocycles. The summed E-state index contributed by atoms with van der Waals surface area (Å²) in [5.74, 6) is 0.529. The van der Waals surface area contributed by atoms with E-state index >= 15 is 0 Å². The van der Waals surface area contributed by atoms with Gasteiger partial charge in [0.15, 0.2) is 0 Å². The number of amides is 1. The Balaban J connectivity index is 2.16. The van der Waals surface area contributed by atoms with Crippen molar-refractivity contribution in [3.63, 3.8) is 0 Å². The number of carbonyl (C=O) groups is 1. The fourth-order valence-electron chi connectivity index (χ4n) is 1.95. The molecule has 0 bridgehead atoms. The van der Waals surface area contributed by atoms with Crippen molar-refractivity contribution in [3.05, 3.63) is 48.3 Å². The van der Waals surface area contributed by atoms with E-state index in [-0.39, 0.29) is 5.91 Å². The van der Waals surface area contributed by atoms with Crippen molar-refractivity contribution in [1.82, 2.24) is 4.98 Å². The third kappa shape index (κ3) is 3.95. The highest BCUT2D eigenvalue weighted by Gasteiger charge is 2.11. The molecule has 5 heteroatoms. The van der Waals surface area contributed by atoms with Gasteiger partial charge in [-0.25, -0.2) is 0 Å². The fraction of sp³-hybridized carbons (Fsp3) is 0.250. The standard InChI is InChI=1S/C16H19N3O2/c1-3-18-15-8-9-17-11-14(15)16(20)19-12-6-5-7-13(10-12)21-4-2/h5-11H,3-4H2,1-2H3,(H,17,18)(H,19,20). The predicted octanol–water partition coefficient (Wildman–Crippen LogP) is 3.16. The molecule has 0 spiro atoms. The number of hydrogen-bond donors (Lipinski definition) is 2. The van der Waals surface area contributed by atoms with Crippen LogP contribution in [0.1, 0.15) is 24.2 Å². The zero-order chi connectivity index (χ0) is 15.1. The Morgan fingerprint density at radius 2 is 2.14 bits per heavy atom. The van der Waals surface area contributed by atoms with Crippen LogP contribution in [0.5, 0.6) is 5.75 Å². The molecule has 21 heavy (non-hydrogen) atoms. The van der Waals surface area contributed by atoms with Crippen molar-refractivity contribution >= 4 is 17.3 Å². The fourth-order valence-corrected chi connectivity index (χ4v) is 1.95. The molecular formula is C16H19N3O2. The Hall–Kier alpha value is -2.56. The average molecular weight is 285 g/mol.